The molecule has 2 fully saturated rings. The number of nitrogens with zero attached hydrogens (tertiary/aromatic N) is 1. The van der Waals surface area contributed by atoms with Crippen molar-refractivity contribution in [2.45, 2.75) is 51.1 Å². The van der Waals surface area contributed by atoms with E-state index in [1.54, 1.807) is 0 Å². The first-order valence-electron chi connectivity index (χ1n) is 8.16. The predicted molar refractivity (Wildman–Crippen MR) is 86.3 cm³/mol. The lowest BCUT2D eigenvalue weighted by molar-refractivity contribution is -0.132. The van der Waals surface area contributed by atoms with Gasteiger partial charge in [-0.2, -0.15) is 0 Å². The van der Waals surface area contributed by atoms with Gasteiger partial charge in [-0.05, 0) is 37.3 Å². The highest BCUT2D eigenvalue weighted by Crippen LogP contribution is 2.47. The molecule has 128 valence electrons. The second-order valence-electron chi connectivity index (χ2n) is 6.79. The van der Waals surface area contributed by atoms with E-state index in [4.69, 9.17) is 4.42 Å². The Hall–Kier alpha value is -1.34. The van der Waals surface area contributed by atoms with Crippen LogP contribution in [0.3, 0.4) is 0 Å². The van der Waals surface area contributed by atoms with E-state index in [1.165, 1.54) is 6.42 Å². The van der Waals surface area contributed by atoms with Crippen LogP contribution in [0.2, 0.25) is 0 Å². The van der Waals surface area contributed by atoms with Gasteiger partial charge >= 0.3 is 0 Å². The van der Waals surface area contributed by atoms with Gasteiger partial charge in [0.25, 0.3) is 0 Å². The second-order valence-corrected chi connectivity index (χ2v) is 8.63. The van der Waals surface area contributed by atoms with Crippen molar-refractivity contribution >= 4 is 15.9 Å². The molecular weight excluding hydrogens is 316 g/mol. The normalized spacial score (nSPS) is 23.7. The number of nitrogens with one attached hydrogen (secondary N) is 1. The van der Waals surface area contributed by atoms with Crippen LogP contribution in [0.5, 0.6) is 0 Å². The fourth-order valence-electron chi connectivity index (χ4n) is 2.86. The van der Waals surface area contributed by atoms with Gasteiger partial charge in [-0.15, -0.1) is 0 Å². The van der Waals surface area contributed by atoms with Gasteiger partial charge in [0.2, 0.25) is 15.9 Å². The van der Waals surface area contributed by atoms with Crippen molar-refractivity contribution in [1.29, 1.82) is 0 Å². The number of hydrogen-bond acceptors (Lipinski definition) is 4. The fraction of sp³-hybridized carbons (Fsp3) is 0.688. The number of furan rings is 1. The second kappa shape index (κ2) is 6.28. The number of sulfonamides is 1. The average Bonchev–Trinajstić information content (AvgIpc) is 3.36. The Kier molecular flexibility index (Phi) is 4.51. The van der Waals surface area contributed by atoms with Crippen LogP contribution in [0.25, 0.3) is 0 Å². The van der Waals surface area contributed by atoms with E-state index in [9.17, 15) is 13.2 Å². The van der Waals surface area contributed by atoms with Gasteiger partial charge in [-0.3, -0.25) is 4.79 Å². The predicted octanol–water partition coefficient (Wildman–Crippen LogP) is 1.83. The van der Waals surface area contributed by atoms with Crippen molar-refractivity contribution in [3.63, 3.8) is 0 Å². The molecular formula is C16H24N2O4S. The van der Waals surface area contributed by atoms with Gasteiger partial charge < -0.3 is 9.32 Å². The summed E-state index contributed by atoms with van der Waals surface area (Å²) in [6.07, 6.45) is 4.47. The lowest BCUT2D eigenvalue weighted by atomic mass is 10.3. The highest BCUT2D eigenvalue weighted by molar-refractivity contribution is 7.88. The van der Waals surface area contributed by atoms with Crippen molar-refractivity contribution in [3.05, 3.63) is 23.7 Å². The highest BCUT2D eigenvalue weighted by Gasteiger charge is 2.37. The first kappa shape index (κ1) is 16.5. The zero-order valence-corrected chi connectivity index (χ0v) is 14.4. The average molecular weight is 340 g/mol. The Labute approximate surface area is 137 Å². The molecule has 7 heteroatoms. The molecule has 2 saturated carbocycles. The topological polar surface area (TPSA) is 79.6 Å². The Morgan fingerprint density at radius 3 is 2.65 bits per heavy atom. The third-order valence-corrected chi connectivity index (χ3v) is 5.22. The van der Waals surface area contributed by atoms with E-state index < -0.39 is 10.0 Å². The number of hydrogen-bond donors (Lipinski definition) is 1. The smallest absolute Gasteiger partial charge is 0.224 e. The van der Waals surface area contributed by atoms with E-state index in [0.29, 0.717) is 18.4 Å². The maximum Gasteiger partial charge on any atom is 0.224 e. The molecule has 2 atom stereocenters. The van der Waals surface area contributed by atoms with Gasteiger partial charge in [0, 0.05) is 24.9 Å². The summed E-state index contributed by atoms with van der Waals surface area (Å²) in [5.41, 5.74) is 0. The number of amides is 1. The zero-order chi connectivity index (χ0) is 16.6. The summed E-state index contributed by atoms with van der Waals surface area (Å²) in [7, 11) is -3.25. The minimum Gasteiger partial charge on any atom is -0.464 e. The molecule has 2 aliphatic carbocycles. The van der Waals surface area contributed by atoms with Gasteiger partial charge in [-0.1, -0.05) is 6.92 Å². The summed E-state index contributed by atoms with van der Waals surface area (Å²) in [5, 5.41) is 0. The molecule has 1 heterocycles. The lowest BCUT2D eigenvalue weighted by Crippen LogP contribution is -2.35. The van der Waals surface area contributed by atoms with E-state index in [-0.39, 0.29) is 24.9 Å². The van der Waals surface area contributed by atoms with Gasteiger partial charge in [-0.25, -0.2) is 13.1 Å². The molecule has 2 aliphatic rings. The van der Waals surface area contributed by atoms with Crippen molar-refractivity contribution in [3.8, 4) is 0 Å². The van der Waals surface area contributed by atoms with Crippen molar-refractivity contribution < 1.29 is 17.6 Å². The van der Waals surface area contributed by atoms with Crippen LogP contribution in [0, 0.1) is 5.92 Å². The van der Waals surface area contributed by atoms with Crippen molar-refractivity contribution in [1.82, 2.24) is 9.62 Å². The molecule has 0 aromatic carbocycles. The highest BCUT2D eigenvalue weighted by atomic mass is 32.2. The quantitative estimate of drug-likeness (QED) is 0.783. The standard InChI is InChI=1S/C16H24N2O4S/c1-11-9-14(11)15-6-5-13(22-15)10-18(12-3-4-12)16(19)7-8-17-23(2,20)21/h5-6,11-12,14,17H,3-4,7-10H2,1-2H3. The van der Waals surface area contributed by atoms with Crippen LogP contribution in [0.1, 0.15) is 50.0 Å². The molecule has 1 aromatic heterocycles. The maximum atomic E-state index is 12.4. The van der Waals surface area contributed by atoms with Crippen LogP contribution in [0.15, 0.2) is 16.5 Å². The lowest BCUT2D eigenvalue weighted by Gasteiger charge is -2.21. The van der Waals surface area contributed by atoms with E-state index in [0.717, 1.165) is 30.6 Å². The maximum absolute atomic E-state index is 12.4. The molecule has 0 radical (unpaired) electrons. The van der Waals surface area contributed by atoms with Gasteiger partial charge in [0.05, 0.1) is 12.8 Å². The summed E-state index contributed by atoms with van der Waals surface area (Å²) in [6, 6.07) is 4.25. The third-order valence-electron chi connectivity index (χ3n) is 4.49. The van der Waals surface area contributed by atoms with Crippen LogP contribution in [0.4, 0.5) is 0 Å². The Morgan fingerprint density at radius 2 is 2.09 bits per heavy atom. The Balaban J connectivity index is 1.56. The molecule has 0 aliphatic heterocycles. The first-order chi connectivity index (χ1) is 10.8. The minimum absolute atomic E-state index is 0.0265. The largest absolute Gasteiger partial charge is 0.464 e. The summed E-state index contributed by atoms with van der Waals surface area (Å²) < 4.78 is 30.4. The molecule has 6 nitrogen and oxygen atoms in total. The van der Waals surface area contributed by atoms with E-state index in [1.807, 2.05) is 17.0 Å². The van der Waals surface area contributed by atoms with Crippen molar-refractivity contribution in [2.75, 3.05) is 12.8 Å². The molecule has 2 unspecified atom stereocenters. The SMILES string of the molecule is CC1CC1c1ccc(CN(C(=O)CCNS(C)(=O)=O)C2CC2)o1. The first-order valence-corrected chi connectivity index (χ1v) is 10.1. The Morgan fingerprint density at radius 1 is 1.39 bits per heavy atom. The summed E-state index contributed by atoms with van der Waals surface area (Å²) in [6.45, 7) is 2.83. The fourth-order valence-corrected chi connectivity index (χ4v) is 3.33. The molecule has 1 amide bonds. The molecule has 0 saturated heterocycles. The van der Waals surface area contributed by atoms with Crippen LogP contribution < -0.4 is 4.72 Å². The van der Waals surface area contributed by atoms with E-state index >= 15 is 0 Å². The molecule has 1 aromatic rings. The van der Waals surface area contributed by atoms with Gasteiger partial charge in [0.15, 0.2) is 0 Å². The monoisotopic (exact) mass is 340 g/mol. The summed E-state index contributed by atoms with van der Waals surface area (Å²) in [4.78, 5) is 14.2. The van der Waals surface area contributed by atoms with Crippen molar-refractivity contribution in [2.24, 2.45) is 5.92 Å². The number of carbonyl (C=O) groups excluding carboxylic acids is 1. The molecule has 0 bridgehead atoms. The zero-order valence-electron chi connectivity index (χ0n) is 13.6. The van der Waals surface area contributed by atoms with Crippen LogP contribution in [-0.2, 0) is 21.4 Å². The Bertz CT molecular complexity index is 678. The number of rotatable bonds is 8. The summed E-state index contributed by atoms with van der Waals surface area (Å²) in [5.74, 6) is 3.04. The van der Waals surface area contributed by atoms with Crippen LogP contribution in [-0.4, -0.2) is 38.1 Å². The molecule has 23 heavy (non-hydrogen) atoms. The van der Waals surface area contributed by atoms with Crippen LogP contribution >= 0.6 is 0 Å². The van der Waals surface area contributed by atoms with E-state index in [2.05, 4.69) is 11.6 Å². The minimum atomic E-state index is -3.25. The molecule has 1 N–H and O–H groups in total. The third kappa shape index (κ3) is 4.57. The number of carbonyl (C=O) groups is 1. The molecule has 3 rings (SSSR count). The summed E-state index contributed by atoms with van der Waals surface area (Å²) >= 11 is 0. The van der Waals surface area contributed by atoms with Gasteiger partial charge in [0.1, 0.15) is 11.5 Å². The molecule has 0 spiro atoms.